The summed E-state index contributed by atoms with van der Waals surface area (Å²) in [5.41, 5.74) is 7.21. The van der Waals surface area contributed by atoms with Crippen LogP contribution >= 0.6 is 0 Å². The average molecular weight is 237 g/mol. The lowest BCUT2D eigenvalue weighted by molar-refractivity contribution is 0.128. The Kier molecular flexibility index (Phi) is 6.67. The summed E-state index contributed by atoms with van der Waals surface area (Å²) in [5, 5.41) is 0. The van der Waals surface area contributed by atoms with Gasteiger partial charge in [0.25, 0.3) is 0 Å². The third-order valence-electron chi connectivity index (χ3n) is 2.52. The average Bonchev–Trinajstić information content (AvgIpc) is 2.35. The summed E-state index contributed by atoms with van der Waals surface area (Å²) in [7, 11) is 0. The number of rotatable bonds is 8. The second-order valence-corrected chi connectivity index (χ2v) is 4.01. The van der Waals surface area contributed by atoms with Crippen LogP contribution in [0.15, 0.2) is 24.3 Å². The van der Waals surface area contributed by atoms with Crippen molar-refractivity contribution >= 4 is 0 Å². The molecule has 0 bridgehead atoms. The van der Waals surface area contributed by atoms with Crippen LogP contribution in [0.25, 0.3) is 0 Å². The largest absolute Gasteiger partial charge is 0.494 e. The van der Waals surface area contributed by atoms with Crippen LogP contribution in [0, 0.1) is 0 Å². The number of hydrogen-bond donors (Lipinski definition) is 1. The van der Waals surface area contributed by atoms with E-state index in [1.54, 1.807) is 0 Å². The van der Waals surface area contributed by atoms with Crippen LogP contribution in [-0.4, -0.2) is 19.8 Å². The van der Waals surface area contributed by atoms with E-state index in [4.69, 9.17) is 15.2 Å². The molecule has 0 fully saturated rings. The van der Waals surface area contributed by atoms with E-state index < -0.39 is 0 Å². The van der Waals surface area contributed by atoms with Crippen LogP contribution in [0.3, 0.4) is 0 Å². The van der Waals surface area contributed by atoms with Crippen LogP contribution in [0.4, 0.5) is 0 Å². The minimum atomic E-state index is 0.0206. The maximum atomic E-state index is 6.11. The van der Waals surface area contributed by atoms with Gasteiger partial charge in [-0.15, -0.1) is 0 Å². The molecule has 3 heteroatoms. The highest BCUT2D eigenvalue weighted by Gasteiger charge is 2.06. The lowest BCUT2D eigenvalue weighted by Crippen LogP contribution is -2.13. The van der Waals surface area contributed by atoms with Crippen LogP contribution in [-0.2, 0) is 4.74 Å². The molecule has 0 aliphatic rings. The quantitative estimate of drug-likeness (QED) is 0.707. The fourth-order valence-corrected chi connectivity index (χ4v) is 1.63. The molecule has 2 N–H and O–H groups in total. The van der Waals surface area contributed by atoms with E-state index in [2.05, 4.69) is 6.92 Å². The summed E-state index contributed by atoms with van der Waals surface area (Å²) >= 11 is 0. The first-order valence-corrected chi connectivity index (χ1v) is 6.34. The topological polar surface area (TPSA) is 44.5 Å². The third-order valence-corrected chi connectivity index (χ3v) is 2.52. The van der Waals surface area contributed by atoms with E-state index in [0.29, 0.717) is 13.2 Å². The summed E-state index contributed by atoms with van der Waals surface area (Å²) in [5.74, 6) is 0.884. The van der Waals surface area contributed by atoms with Crippen molar-refractivity contribution in [3.8, 4) is 5.75 Å². The second-order valence-electron chi connectivity index (χ2n) is 4.01. The van der Waals surface area contributed by atoms with E-state index in [0.717, 1.165) is 30.8 Å². The summed E-state index contributed by atoms with van der Waals surface area (Å²) < 4.78 is 10.9. The standard InChI is InChI=1S/C14H23NO2/c1-3-9-16-10-8-14(15)12-6-5-7-13(11-12)17-4-2/h5-7,11,14H,3-4,8-10,15H2,1-2H3. The molecule has 1 unspecified atom stereocenters. The zero-order valence-electron chi connectivity index (χ0n) is 10.8. The SMILES string of the molecule is CCCOCCC(N)c1cccc(OCC)c1. The Labute approximate surface area is 104 Å². The van der Waals surface area contributed by atoms with E-state index in [9.17, 15) is 0 Å². The Morgan fingerprint density at radius 3 is 2.76 bits per heavy atom. The number of nitrogens with two attached hydrogens (primary N) is 1. The van der Waals surface area contributed by atoms with Gasteiger partial charge in [-0.2, -0.15) is 0 Å². The van der Waals surface area contributed by atoms with Crippen molar-refractivity contribution in [1.29, 1.82) is 0 Å². The summed E-state index contributed by atoms with van der Waals surface area (Å²) in [6.45, 7) is 6.29. The molecule has 0 aliphatic heterocycles. The van der Waals surface area contributed by atoms with Gasteiger partial charge in [-0.25, -0.2) is 0 Å². The molecule has 0 radical (unpaired) electrons. The maximum Gasteiger partial charge on any atom is 0.119 e. The van der Waals surface area contributed by atoms with Crippen LogP contribution in [0.2, 0.25) is 0 Å². The molecule has 1 aromatic rings. The van der Waals surface area contributed by atoms with E-state index >= 15 is 0 Å². The lowest BCUT2D eigenvalue weighted by atomic mass is 10.1. The van der Waals surface area contributed by atoms with Crippen molar-refractivity contribution in [2.24, 2.45) is 5.73 Å². The normalized spacial score (nSPS) is 12.4. The van der Waals surface area contributed by atoms with Gasteiger partial charge in [-0.3, -0.25) is 0 Å². The molecular formula is C14H23NO2. The molecule has 17 heavy (non-hydrogen) atoms. The van der Waals surface area contributed by atoms with Gasteiger partial charge < -0.3 is 15.2 Å². The minimum absolute atomic E-state index is 0.0206. The van der Waals surface area contributed by atoms with Gasteiger partial charge in [0.05, 0.1) is 6.61 Å². The molecular weight excluding hydrogens is 214 g/mol. The maximum absolute atomic E-state index is 6.11. The number of benzene rings is 1. The number of hydrogen-bond acceptors (Lipinski definition) is 3. The predicted molar refractivity (Wildman–Crippen MR) is 70.3 cm³/mol. The predicted octanol–water partition coefficient (Wildman–Crippen LogP) is 2.90. The van der Waals surface area contributed by atoms with E-state index in [1.165, 1.54) is 0 Å². The van der Waals surface area contributed by atoms with Gasteiger partial charge in [0.1, 0.15) is 5.75 Å². The monoisotopic (exact) mass is 237 g/mol. The molecule has 0 heterocycles. The van der Waals surface area contributed by atoms with E-state index in [1.807, 2.05) is 31.2 Å². The summed E-state index contributed by atoms with van der Waals surface area (Å²) in [6, 6.07) is 7.99. The van der Waals surface area contributed by atoms with Gasteiger partial charge in [-0.05, 0) is 37.5 Å². The highest BCUT2D eigenvalue weighted by atomic mass is 16.5. The highest BCUT2D eigenvalue weighted by Crippen LogP contribution is 2.19. The van der Waals surface area contributed by atoms with Crippen molar-refractivity contribution in [3.63, 3.8) is 0 Å². The molecule has 0 spiro atoms. The molecule has 96 valence electrons. The first-order valence-electron chi connectivity index (χ1n) is 6.34. The Morgan fingerprint density at radius 1 is 1.24 bits per heavy atom. The third kappa shape index (κ3) is 5.20. The fourth-order valence-electron chi connectivity index (χ4n) is 1.63. The second kappa shape index (κ2) is 8.09. The van der Waals surface area contributed by atoms with Crippen molar-refractivity contribution in [1.82, 2.24) is 0 Å². The molecule has 0 amide bonds. The first-order chi connectivity index (χ1) is 8.27. The Hall–Kier alpha value is -1.06. The molecule has 0 saturated heterocycles. The first kappa shape index (κ1) is 14.0. The smallest absolute Gasteiger partial charge is 0.119 e. The Balaban J connectivity index is 2.44. The minimum Gasteiger partial charge on any atom is -0.494 e. The van der Waals surface area contributed by atoms with Crippen molar-refractivity contribution in [3.05, 3.63) is 29.8 Å². The zero-order chi connectivity index (χ0) is 12.5. The lowest BCUT2D eigenvalue weighted by Gasteiger charge is -2.13. The molecule has 1 atom stereocenters. The van der Waals surface area contributed by atoms with Crippen LogP contribution < -0.4 is 10.5 Å². The van der Waals surface area contributed by atoms with Crippen LogP contribution in [0.1, 0.15) is 38.3 Å². The van der Waals surface area contributed by atoms with E-state index in [-0.39, 0.29) is 6.04 Å². The van der Waals surface area contributed by atoms with Gasteiger partial charge in [0.2, 0.25) is 0 Å². The van der Waals surface area contributed by atoms with Gasteiger partial charge in [0, 0.05) is 19.3 Å². The number of ether oxygens (including phenoxy) is 2. The van der Waals surface area contributed by atoms with Gasteiger partial charge >= 0.3 is 0 Å². The molecule has 3 nitrogen and oxygen atoms in total. The fraction of sp³-hybridized carbons (Fsp3) is 0.571. The summed E-state index contributed by atoms with van der Waals surface area (Å²) in [4.78, 5) is 0. The molecule has 1 aromatic carbocycles. The van der Waals surface area contributed by atoms with Crippen molar-refractivity contribution in [2.45, 2.75) is 32.7 Å². The van der Waals surface area contributed by atoms with Gasteiger partial charge in [-0.1, -0.05) is 19.1 Å². The molecule has 1 rings (SSSR count). The highest BCUT2D eigenvalue weighted by molar-refractivity contribution is 5.30. The van der Waals surface area contributed by atoms with Crippen LogP contribution in [0.5, 0.6) is 5.75 Å². The molecule has 0 aromatic heterocycles. The zero-order valence-corrected chi connectivity index (χ0v) is 10.8. The Morgan fingerprint density at radius 2 is 2.06 bits per heavy atom. The molecule has 0 aliphatic carbocycles. The van der Waals surface area contributed by atoms with Crippen molar-refractivity contribution in [2.75, 3.05) is 19.8 Å². The van der Waals surface area contributed by atoms with Crippen molar-refractivity contribution < 1.29 is 9.47 Å². The molecule has 0 saturated carbocycles. The Bertz CT molecular complexity index is 315. The summed E-state index contributed by atoms with van der Waals surface area (Å²) in [6.07, 6.45) is 1.89. The van der Waals surface area contributed by atoms with Gasteiger partial charge in [0.15, 0.2) is 0 Å².